The van der Waals surface area contributed by atoms with Crippen molar-refractivity contribution in [3.63, 3.8) is 0 Å². The Balaban J connectivity index is 1.71. The zero-order chi connectivity index (χ0) is 28.4. The Labute approximate surface area is 231 Å². The van der Waals surface area contributed by atoms with Crippen molar-refractivity contribution in [2.24, 2.45) is 5.41 Å². The molecular weight excluding hydrogens is 540 g/mol. The Morgan fingerprint density at radius 2 is 1.87 bits per heavy atom. The smallest absolute Gasteiger partial charge is 0.328 e. The Hall–Kier alpha value is -3.70. The SMILES string of the molecule is CCCS(=N)(=O)c1nc(CC(C)(C)CNC(=O)c2ccccc2O)c2[nH]c(=O)n(Cc3ccc(Cl)cc3)c2n1. The van der Waals surface area contributed by atoms with Crippen LogP contribution in [0.2, 0.25) is 5.02 Å². The lowest BCUT2D eigenvalue weighted by molar-refractivity contribution is 0.0933. The van der Waals surface area contributed by atoms with Crippen molar-refractivity contribution in [3.8, 4) is 5.75 Å². The molecule has 0 spiro atoms. The van der Waals surface area contributed by atoms with Gasteiger partial charge in [0.1, 0.15) is 21.0 Å². The normalized spacial score (nSPS) is 13.3. The van der Waals surface area contributed by atoms with E-state index < -0.39 is 26.7 Å². The summed E-state index contributed by atoms with van der Waals surface area (Å²) in [5.74, 6) is -0.450. The fraction of sp³-hybridized carbons (Fsp3) is 0.333. The molecule has 4 rings (SSSR count). The molecule has 4 N–H and O–H groups in total. The van der Waals surface area contributed by atoms with Gasteiger partial charge < -0.3 is 15.4 Å². The molecule has 12 heteroatoms. The van der Waals surface area contributed by atoms with Gasteiger partial charge in [0.15, 0.2) is 5.65 Å². The monoisotopic (exact) mass is 570 g/mol. The number of aromatic amines is 1. The van der Waals surface area contributed by atoms with Crippen LogP contribution in [0.4, 0.5) is 0 Å². The Kier molecular flexibility index (Phi) is 8.12. The van der Waals surface area contributed by atoms with Crippen molar-refractivity contribution in [3.05, 3.63) is 80.9 Å². The molecule has 1 atom stereocenters. The highest BCUT2D eigenvalue weighted by atomic mass is 35.5. The largest absolute Gasteiger partial charge is 0.507 e. The van der Waals surface area contributed by atoms with Crippen molar-refractivity contribution >= 4 is 38.4 Å². The van der Waals surface area contributed by atoms with Crippen molar-refractivity contribution in [2.75, 3.05) is 12.3 Å². The Morgan fingerprint density at radius 1 is 1.18 bits per heavy atom. The molecule has 0 fully saturated rings. The fourth-order valence-electron chi connectivity index (χ4n) is 4.24. The lowest BCUT2D eigenvalue weighted by Gasteiger charge is -2.25. The van der Waals surface area contributed by atoms with Gasteiger partial charge >= 0.3 is 5.69 Å². The third-order valence-corrected chi connectivity index (χ3v) is 8.25. The molecule has 2 heterocycles. The lowest BCUT2D eigenvalue weighted by atomic mass is 9.87. The predicted octanol–water partition coefficient (Wildman–Crippen LogP) is 4.34. The van der Waals surface area contributed by atoms with Crippen LogP contribution < -0.4 is 11.0 Å². The number of benzene rings is 2. The quantitative estimate of drug-likeness (QED) is 0.208. The molecule has 0 saturated carbocycles. The zero-order valence-electron chi connectivity index (χ0n) is 22.0. The van der Waals surface area contributed by atoms with E-state index >= 15 is 0 Å². The first-order valence-electron chi connectivity index (χ1n) is 12.5. The number of halogens is 1. The number of phenols is 1. The minimum Gasteiger partial charge on any atom is -0.507 e. The first-order valence-corrected chi connectivity index (χ1v) is 14.6. The second kappa shape index (κ2) is 11.2. The van der Waals surface area contributed by atoms with Crippen LogP contribution in [0.15, 0.2) is 58.5 Å². The number of hydrogen-bond acceptors (Lipinski definition) is 7. The predicted molar refractivity (Wildman–Crippen MR) is 151 cm³/mol. The molecule has 10 nitrogen and oxygen atoms in total. The molecule has 1 amide bonds. The number of rotatable bonds is 10. The average Bonchev–Trinajstić information content (AvgIpc) is 3.19. The highest BCUT2D eigenvalue weighted by molar-refractivity contribution is 7.92. The van der Waals surface area contributed by atoms with Gasteiger partial charge in [-0.05, 0) is 48.1 Å². The van der Waals surface area contributed by atoms with Crippen LogP contribution >= 0.6 is 11.6 Å². The maximum Gasteiger partial charge on any atom is 0.328 e. The topological polar surface area (TPSA) is 154 Å². The van der Waals surface area contributed by atoms with Crippen LogP contribution in [0.25, 0.3) is 11.2 Å². The third-order valence-electron chi connectivity index (χ3n) is 6.24. The summed E-state index contributed by atoms with van der Waals surface area (Å²) in [4.78, 5) is 37.5. The number of imidazole rings is 1. The molecule has 0 aliphatic carbocycles. The van der Waals surface area contributed by atoms with Crippen molar-refractivity contribution in [1.82, 2.24) is 24.8 Å². The van der Waals surface area contributed by atoms with Gasteiger partial charge in [0.25, 0.3) is 5.91 Å². The number of nitrogens with one attached hydrogen (secondary N) is 3. The van der Waals surface area contributed by atoms with Crippen molar-refractivity contribution in [1.29, 1.82) is 4.78 Å². The van der Waals surface area contributed by atoms with Crippen LogP contribution in [-0.4, -0.2) is 47.0 Å². The van der Waals surface area contributed by atoms with Crippen LogP contribution in [0.1, 0.15) is 48.8 Å². The Morgan fingerprint density at radius 3 is 2.54 bits per heavy atom. The van der Waals surface area contributed by atoms with Gasteiger partial charge in [-0.3, -0.25) is 9.36 Å². The average molecular weight is 571 g/mol. The minimum atomic E-state index is -3.30. The maximum atomic E-state index is 13.2. The summed E-state index contributed by atoms with van der Waals surface area (Å²) in [7, 11) is -3.30. The van der Waals surface area contributed by atoms with E-state index in [0.717, 1.165) is 5.56 Å². The van der Waals surface area contributed by atoms with Crippen LogP contribution in [-0.2, 0) is 22.7 Å². The van der Waals surface area contributed by atoms with E-state index in [9.17, 15) is 18.9 Å². The molecule has 0 bridgehead atoms. The number of nitrogens with zero attached hydrogens (tertiary/aromatic N) is 3. The van der Waals surface area contributed by atoms with Gasteiger partial charge in [0.05, 0.1) is 17.8 Å². The van der Waals surface area contributed by atoms with E-state index in [1.165, 1.54) is 16.7 Å². The second-order valence-electron chi connectivity index (χ2n) is 10.2. The van der Waals surface area contributed by atoms with E-state index in [-0.39, 0.29) is 47.4 Å². The van der Waals surface area contributed by atoms with Gasteiger partial charge in [-0.15, -0.1) is 0 Å². The van der Waals surface area contributed by atoms with Gasteiger partial charge in [0, 0.05) is 17.3 Å². The number of aromatic hydroxyl groups is 1. The minimum absolute atomic E-state index is 0.0871. The van der Waals surface area contributed by atoms with E-state index in [0.29, 0.717) is 22.7 Å². The van der Waals surface area contributed by atoms with Crippen LogP contribution in [0, 0.1) is 10.2 Å². The molecular formula is C27H31ClN6O4S. The number of carbonyl (C=O) groups excluding carboxylic acids is 1. The molecule has 206 valence electrons. The van der Waals surface area contributed by atoms with Crippen LogP contribution in [0.3, 0.4) is 0 Å². The molecule has 2 aromatic carbocycles. The number of para-hydroxylation sites is 1. The standard InChI is InChI=1S/C27H31ClN6O4S/c1-4-13-39(29,38)25-31-20(14-27(2,3)16-30-24(36)19-7-5-6-8-21(19)35)22-23(33-25)34(26(37)32-22)15-17-9-11-18(28)12-10-17/h5-12,29,35H,4,13-16H2,1-3H3,(H,30,36)(H,32,37). The summed E-state index contributed by atoms with van der Waals surface area (Å²) in [5.41, 5.74) is 1.09. The molecule has 2 aromatic heterocycles. The fourth-order valence-corrected chi connectivity index (χ4v) is 5.61. The molecule has 1 unspecified atom stereocenters. The van der Waals surface area contributed by atoms with Crippen LogP contribution in [0.5, 0.6) is 5.75 Å². The van der Waals surface area contributed by atoms with E-state index in [1.807, 2.05) is 20.8 Å². The first kappa shape index (κ1) is 28.3. The summed E-state index contributed by atoms with van der Waals surface area (Å²) in [6.45, 7) is 6.08. The van der Waals surface area contributed by atoms with Gasteiger partial charge in [-0.25, -0.2) is 18.8 Å². The maximum absolute atomic E-state index is 13.2. The van der Waals surface area contributed by atoms with Gasteiger partial charge in [-0.1, -0.05) is 56.6 Å². The number of amides is 1. The number of hydrogen-bond donors (Lipinski definition) is 4. The summed E-state index contributed by atoms with van der Waals surface area (Å²) in [5, 5.41) is 13.3. The molecule has 0 saturated heterocycles. The first-order chi connectivity index (χ1) is 18.4. The van der Waals surface area contributed by atoms with Gasteiger partial charge in [0.2, 0.25) is 5.16 Å². The van der Waals surface area contributed by atoms with Crippen molar-refractivity contribution < 1.29 is 14.1 Å². The highest BCUT2D eigenvalue weighted by Gasteiger charge is 2.27. The Bertz CT molecular complexity index is 1680. The summed E-state index contributed by atoms with van der Waals surface area (Å²) < 4.78 is 23.1. The summed E-state index contributed by atoms with van der Waals surface area (Å²) in [6, 6.07) is 13.3. The van der Waals surface area contributed by atoms with Crippen molar-refractivity contribution in [2.45, 2.75) is 45.3 Å². The number of H-pyrrole nitrogens is 1. The zero-order valence-corrected chi connectivity index (χ0v) is 23.5. The van der Waals surface area contributed by atoms with E-state index in [4.69, 9.17) is 16.4 Å². The number of carbonyl (C=O) groups is 1. The molecule has 0 radical (unpaired) electrons. The number of phenolic OH excluding ortho intramolecular Hbond substituents is 1. The van der Waals surface area contributed by atoms with Gasteiger partial charge in [-0.2, -0.15) is 4.98 Å². The lowest BCUT2D eigenvalue weighted by Crippen LogP contribution is -2.35. The van der Waals surface area contributed by atoms with E-state index in [2.05, 4.69) is 20.3 Å². The molecule has 4 aromatic rings. The van der Waals surface area contributed by atoms with E-state index in [1.54, 1.807) is 36.4 Å². The highest BCUT2D eigenvalue weighted by Crippen LogP contribution is 2.26. The second-order valence-corrected chi connectivity index (χ2v) is 12.8. The number of fused-ring (bicyclic) bond motifs is 1. The molecule has 39 heavy (non-hydrogen) atoms. The third kappa shape index (κ3) is 6.48. The molecule has 0 aliphatic heterocycles. The molecule has 0 aliphatic rings. The number of aromatic nitrogens is 4. The summed E-state index contributed by atoms with van der Waals surface area (Å²) in [6.07, 6.45) is 0.788. The summed E-state index contributed by atoms with van der Waals surface area (Å²) >= 11 is 6.00.